The van der Waals surface area contributed by atoms with Crippen LogP contribution in [0, 0.1) is 0 Å². The average molecular weight is 220 g/mol. The van der Waals surface area contributed by atoms with E-state index < -0.39 is 0 Å². The van der Waals surface area contributed by atoms with Crippen molar-refractivity contribution in [1.29, 1.82) is 0 Å². The van der Waals surface area contributed by atoms with E-state index >= 15 is 0 Å². The zero-order chi connectivity index (χ0) is 8.27. The maximum atomic E-state index is 5.24. The number of rotatable bonds is 1. The predicted octanol–water partition coefficient (Wildman–Crippen LogP) is 1.96. The molecule has 64 valence electrons. The molecule has 0 aromatic rings. The van der Waals surface area contributed by atoms with E-state index in [9.17, 15) is 0 Å². The minimum absolute atomic E-state index is 0.850. The van der Waals surface area contributed by atoms with E-state index in [0.717, 1.165) is 26.3 Å². The summed E-state index contributed by atoms with van der Waals surface area (Å²) in [5.74, 6) is 0. The molecule has 0 bridgehead atoms. The Kier molecular flexibility index (Phi) is 3.40. The number of halogens is 1. The zero-order valence-electron chi connectivity index (χ0n) is 7.06. The molecule has 11 heavy (non-hydrogen) atoms. The van der Waals surface area contributed by atoms with Gasteiger partial charge in [-0.2, -0.15) is 0 Å². The number of ether oxygens (including phenoxy) is 1. The number of hydrogen-bond acceptors (Lipinski definition) is 2. The van der Waals surface area contributed by atoms with Gasteiger partial charge in [-0.15, -0.1) is 0 Å². The normalized spacial score (nSPS) is 18.3. The van der Waals surface area contributed by atoms with Crippen molar-refractivity contribution in [3.05, 3.63) is 10.2 Å². The molecular weight excluding hydrogens is 206 g/mol. The summed E-state index contributed by atoms with van der Waals surface area (Å²) >= 11 is 3.55. The third-order valence-corrected chi connectivity index (χ3v) is 3.00. The lowest BCUT2D eigenvalue weighted by Crippen LogP contribution is -2.34. The van der Waals surface area contributed by atoms with Crippen molar-refractivity contribution in [2.75, 3.05) is 26.3 Å². The van der Waals surface area contributed by atoms with Gasteiger partial charge >= 0.3 is 0 Å². The summed E-state index contributed by atoms with van der Waals surface area (Å²) in [6, 6.07) is 0. The van der Waals surface area contributed by atoms with Crippen LogP contribution >= 0.6 is 15.9 Å². The molecule has 1 rings (SSSR count). The first-order valence-corrected chi connectivity index (χ1v) is 4.67. The van der Waals surface area contributed by atoms with Crippen LogP contribution in [0.1, 0.15) is 13.8 Å². The van der Waals surface area contributed by atoms with Gasteiger partial charge in [-0.3, -0.25) is 0 Å². The van der Waals surface area contributed by atoms with Crippen LogP contribution in [-0.4, -0.2) is 31.2 Å². The number of nitrogens with zero attached hydrogens (tertiary/aromatic N) is 1. The predicted molar refractivity (Wildman–Crippen MR) is 49.7 cm³/mol. The third-order valence-electron chi connectivity index (χ3n) is 1.70. The van der Waals surface area contributed by atoms with Gasteiger partial charge in [-0.25, -0.2) is 0 Å². The summed E-state index contributed by atoms with van der Waals surface area (Å²) in [6.45, 7) is 7.93. The molecule has 0 spiro atoms. The molecular formula is C8H14BrNO. The highest BCUT2D eigenvalue weighted by Gasteiger charge is 2.11. The molecule has 3 heteroatoms. The van der Waals surface area contributed by atoms with Crippen LogP contribution in [0.5, 0.6) is 0 Å². The van der Waals surface area contributed by atoms with E-state index in [-0.39, 0.29) is 0 Å². The fourth-order valence-electron chi connectivity index (χ4n) is 1.08. The Morgan fingerprint density at radius 1 is 1.27 bits per heavy atom. The summed E-state index contributed by atoms with van der Waals surface area (Å²) in [4.78, 5) is 2.30. The van der Waals surface area contributed by atoms with Gasteiger partial charge in [-0.1, -0.05) is 0 Å². The summed E-state index contributed by atoms with van der Waals surface area (Å²) in [5, 5.41) is 0. The molecule has 0 atom stereocenters. The van der Waals surface area contributed by atoms with Gasteiger partial charge in [0, 0.05) is 13.1 Å². The first kappa shape index (κ1) is 9.07. The molecule has 1 saturated heterocycles. The van der Waals surface area contributed by atoms with Crippen molar-refractivity contribution in [3.63, 3.8) is 0 Å². The fourth-order valence-corrected chi connectivity index (χ4v) is 1.43. The second kappa shape index (κ2) is 4.12. The van der Waals surface area contributed by atoms with Crippen LogP contribution < -0.4 is 0 Å². The highest BCUT2D eigenvalue weighted by molar-refractivity contribution is 9.11. The van der Waals surface area contributed by atoms with E-state index in [0.29, 0.717) is 0 Å². The SMILES string of the molecule is CC(C)=C(Br)N1CCOCC1. The van der Waals surface area contributed by atoms with E-state index in [1.165, 1.54) is 10.2 Å². The molecule has 1 heterocycles. The molecule has 1 aliphatic heterocycles. The van der Waals surface area contributed by atoms with E-state index in [1.807, 2.05) is 0 Å². The highest BCUT2D eigenvalue weighted by Crippen LogP contribution is 2.17. The van der Waals surface area contributed by atoms with Gasteiger partial charge in [0.2, 0.25) is 0 Å². The maximum absolute atomic E-state index is 5.24. The van der Waals surface area contributed by atoms with Crippen molar-refractivity contribution >= 4 is 15.9 Å². The quantitative estimate of drug-likeness (QED) is 0.626. The Labute approximate surface area is 76.3 Å². The van der Waals surface area contributed by atoms with Crippen LogP contribution in [0.15, 0.2) is 10.2 Å². The number of morpholine rings is 1. The standard InChI is InChI=1S/C8H14BrNO/c1-7(2)8(9)10-3-5-11-6-4-10/h3-6H2,1-2H3. The van der Waals surface area contributed by atoms with E-state index in [2.05, 4.69) is 34.7 Å². The molecule has 0 N–H and O–H groups in total. The lowest BCUT2D eigenvalue weighted by atomic mass is 10.3. The number of allylic oxidation sites excluding steroid dienone is 1. The van der Waals surface area contributed by atoms with E-state index in [4.69, 9.17) is 4.74 Å². The minimum atomic E-state index is 0.850. The van der Waals surface area contributed by atoms with Gasteiger partial charge in [0.1, 0.15) is 0 Å². The molecule has 0 aromatic heterocycles. The molecule has 1 fully saturated rings. The molecule has 0 radical (unpaired) electrons. The Hall–Kier alpha value is -0.0200. The van der Waals surface area contributed by atoms with Crippen LogP contribution in [0.2, 0.25) is 0 Å². The molecule has 1 aliphatic rings. The van der Waals surface area contributed by atoms with Crippen molar-refractivity contribution < 1.29 is 4.74 Å². The Bertz CT molecular complexity index is 157. The summed E-state index contributed by atoms with van der Waals surface area (Å²) in [7, 11) is 0. The third kappa shape index (κ3) is 2.49. The molecule has 0 aromatic carbocycles. The minimum Gasteiger partial charge on any atom is -0.378 e. The van der Waals surface area contributed by atoms with E-state index in [1.54, 1.807) is 0 Å². The van der Waals surface area contributed by atoms with Gasteiger partial charge in [0.15, 0.2) is 0 Å². The van der Waals surface area contributed by atoms with Crippen molar-refractivity contribution in [2.45, 2.75) is 13.8 Å². The molecule has 2 nitrogen and oxygen atoms in total. The van der Waals surface area contributed by atoms with Gasteiger partial charge < -0.3 is 9.64 Å². The second-order valence-electron chi connectivity index (χ2n) is 2.89. The molecule has 0 saturated carbocycles. The first-order valence-electron chi connectivity index (χ1n) is 3.87. The van der Waals surface area contributed by atoms with Gasteiger partial charge in [-0.05, 0) is 35.4 Å². The first-order chi connectivity index (χ1) is 5.22. The smallest absolute Gasteiger partial charge is 0.0793 e. The van der Waals surface area contributed by atoms with Crippen LogP contribution in [0.3, 0.4) is 0 Å². The lowest BCUT2D eigenvalue weighted by molar-refractivity contribution is 0.0576. The molecule has 0 aliphatic carbocycles. The Morgan fingerprint density at radius 3 is 2.27 bits per heavy atom. The maximum Gasteiger partial charge on any atom is 0.0793 e. The topological polar surface area (TPSA) is 12.5 Å². The van der Waals surface area contributed by atoms with Crippen LogP contribution in [-0.2, 0) is 4.74 Å². The molecule has 0 unspecified atom stereocenters. The largest absolute Gasteiger partial charge is 0.378 e. The van der Waals surface area contributed by atoms with Crippen LogP contribution in [0.4, 0.5) is 0 Å². The highest BCUT2D eigenvalue weighted by atomic mass is 79.9. The second-order valence-corrected chi connectivity index (χ2v) is 3.64. The summed E-state index contributed by atoms with van der Waals surface area (Å²) in [6.07, 6.45) is 0. The lowest BCUT2D eigenvalue weighted by Gasteiger charge is -2.29. The number of hydrogen-bond donors (Lipinski definition) is 0. The average Bonchev–Trinajstić information content (AvgIpc) is 2.05. The monoisotopic (exact) mass is 219 g/mol. The fraction of sp³-hybridized carbons (Fsp3) is 0.750. The van der Waals surface area contributed by atoms with Crippen molar-refractivity contribution in [2.24, 2.45) is 0 Å². The van der Waals surface area contributed by atoms with Crippen molar-refractivity contribution in [1.82, 2.24) is 4.90 Å². The summed E-state index contributed by atoms with van der Waals surface area (Å²) in [5.41, 5.74) is 1.33. The zero-order valence-corrected chi connectivity index (χ0v) is 8.65. The Balaban J connectivity index is 2.52. The summed E-state index contributed by atoms with van der Waals surface area (Å²) < 4.78 is 6.47. The van der Waals surface area contributed by atoms with Gasteiger partial charge in [0.25, 0.3) is 0 Å². The van der Waals surface area contributed by atoms with Crippen LogP contribution in [0.25, 0.3) is 0 Å². The van der Waals surface area contributed by atoms with Gasteiger partial charge in [0.05, 0.1) is 17.8 Å². The van der Waals surface area contributed by atoms with Crippen molar-refractivity contribution in [3.8, 4) is 0 Å². The Morgan fingerprint density at radius 2 is 1.82 bits per heavy atom. The molecule has 0 amide bonds.